The van der Waals surface area contributed by atoms with E-state index in [2.05, 4.69) is 0 Å². The highest BCUT2D eigenvalue weighted by molar-refractivity contribution is 5.69. The second-order valence-corrected chi connectivity index (χ2v) is 2.16. The topological polar surface area (TPSA) is 42.3 Å². The number of hydrogen-bond donors (Lipinski definition) is 1. The van der Waals surface area contributed by atoms with E-state index in [9.17, 15) is 0 Å². The van der Waals surface area contributed by atoms with Crippen LogP contribution < -0.4 is 0 Å². The Hall–Kier alpha value is -0.570. The van der Waals surface area contributed by atoms with Crippen LogP contribution in [0.15, 0.2) is 0 Å². The zero-order valence-corrected chi connectivity index (χ0v) is 5.52. The summed E-state index contributed by atoms with van der Waals surface area (Å²) in [5, 5.41) is 6.98. The van der Waals surface area contributed by atoms with Gasteiger partial charge in [-0.1, -0.05) is 0 Å². The molecule has 1 aliphatic rings. The Morgan fingerprint density at radius 3 is 3.00 bits per heavy atom. The van der Waals surface area contributed by atoms with Gasteiger partial charge >= 0.3 is 0 Å². The molecule has 1 heterocycles. The van der Waals surface area contributed by atoms with Gasteiger partial charge < -0.3 is 9.47 Å². The molecule has 1 rings (SSSR count). The second-order valence-electron chi connectivity index (χ2n) is 2.16. The van der Waals surface area contributed by atoms with E-state index in [0.717, 1.165) is 13.0 Å². The zero-order valence-electron chi connectivity index (χ0n) is 5.52. The minimum absolute atomic E-state index is 0.141. The van der Waals surface area contributed by atoms with E-state index in [4.69, 9.17) is 14.9 Å². The average Bonchev–Trinajstić information content (AvgIpc) is 2.15. The molecule has 0 aromatic rings. The van der Waals surface area contributed by atoms with E-state index in [1.807, 2.05) is 0 Å². The Bertz CT molecular complexity index is 108. The third-order valence-electron chi connectivity index (χ3n) is 1.23. The molecule has 1 N–H and O–H groups in total. The Balaban J connectivity index is 2.19. The fourth-order valence-electron chi connectivity index (χ4n) is 0.856. The lowest BCUT2D eigenvalue weighted by atomic mass is 10.3. The first-order chi connectivity index (χ1) is 4.29. The molecule has 3 heteroatoms. The Morgan fingerprint density at radius 1 is 1.78 bits per heavy atom. The average molecular weight is 129 g/mol. The van der Waals surface area contributed by atoms with Crippen LogP contribution in [-0.4, -0.2) is 25.2 Å². The van der Waals surface area contributed by atoms with Crippen molar-refractivity contribution >= 4 is 5.90 Å². The molecule has 3 nitrogen and oxygen atoms in total. The molecule has 52 valence electrons. The van der Waals surface area contributed by atoms with E-state index >= 15 is 0 Å². The van der Waals surface area contributed by atoms with E-state index in [1.54, 1.807) is 6.92 Å². The van der Waals surface area contributed by atoms with Gasteiger partial charge in [-0.05, 0) is 0 Å². The van der Waals surface area contributed by atoms with Crippen LogP contribution in [0.5, 0.6) is 0 Å². The molecular formula is C6H11NO2. The summed E-state index contributed by atoms with van der Waals surface area (Å²) in [5.41, 5.74) is 0. The van der Waals surface area contributed by atoms with Gasteiger partial charge in [0, 0.05) is 13.3 Å². The highest BCUT2D eigenvalue weighted by Gasteiger charge is 2.16. The van der Waals surface area contributed by atoms with Crippen LogP contribution >= 0.6 is 0 Å². The van der Waals surface area contributed by atoms with Gasteiger partial charge in [0.05, 0.1) is 13.2 Å². The van der Waals surface area contributed by atoms with Gasteiger partial charge in [-0.2, -0.15) is 0 Å². The molecular weight excluding hydrogens is 118 g/mol. The molecule has 0 saturated carbocycles. The predicted molar refractivity (Wildman–Crippen MR) is 33.7 cm³/mol. The van der Waals surface area contributed by atoms with Gasteiger partial charge in [-0.25, -0.2) is 0 Å². The lowest BCUT2D eigenvalue weighted by Gasteiger charge is -2.07. The fourth-order valence-corrected chi connectivity index (χ4v) is 0.856. The van der Waals surface area contributed by atoms with Crippen molar-refractivity contribution in [1.82, 2.24) is 0 Å². The molecule has 0 unspecified atom stereocenters. The minimum Gasteiger partial charge on any atom is -0.476 e. The summed E-state index contributed by atoms with van der Waals surface area (Å²) in [4.78, 5) is 0. The summed E-state index contributed by atoms with van der Waals surface area (Å²) in [6.45, 7) is 3.06. The number of nitrogens with one attached hydrogen (secondary N) is 1. The summed E-state index contributed by atoms with van der Waals surface area (Å²) >= 11 is 0. The van der Waals surface area contributed by atoms with Gasteiger partial charge in [-0.3, -0.25) is 5.41 Å². The first kappa shape index (κ1) is 6.55. The van der Waals surface area contributed by atoms with Crippen LogP contribution in [0.4, 0.5) is 0 Å². The lowest BCUT2D eigenvalue weighted by Crippen LogP contribution is -2.14. The van der Waals surface area contributed by atoms with E-state index in [1.165, 1.54) is 0 Å². The van der Waals surface area contributed by atoms with E-state index in [-0.39, 0.29) is 12.0 Å². The normalized spacial score (nSPS) is 26.1. The quantitative estimate of drug-likeness (QED) is 0.420. The first-order valence-corrected chi connectivity index (χ1v) is 3.08. The number of rotatable bonds is 1. The molecule has 1 fully saturated rings. The minimum atomic E-state index is 0.141. The summed E-state index contributed by atoms with van der Waals surface area (Å²) in [7, 11) is 0. The second kappa shape index (κ2) is 2.82. The third-order valence-corrected chi connectivity index (χ3v) is 1.23. The van der Waals surface area contributed by atoms with Gasteiger partial charge in [0.15, 0.2) is 5.90 Å². The van der Waals surface area contributed by atoms with Crippen LogP contribution in [0, 0.1) is 5.41 Å². The van der Waals surface area contributed by atoms with Crippen LogP contribution in [0.25, 0.3) is 0 Å². The number of hydrogen-bond acceptors (Lipinski definition) is 3. The fraction of sp³-hybridized carbons (Fsp3) is 0.833. The predicted octanol–water partition coefficient (Wildman–Crippen LogP) is 0.789. The van der Waals surface area contributed by atoms with Gasteiger partial charge in [0.25, 0.3) is 0 Å². The third kappa shape index (κ3) is 2.01. The smallest absolute Gasteiger partial charge is 0.177 e. The lowest BCUT2D eigenvalue weighted by molar-refractivity contribution is 0.133. The largest absolute Gasteiger partial charge is 0.476 e. The van der Waals surface area contributed by atoms with Crippen molar-refractivity contribution in [1.29, 1.82) is 5.41 Å². The van der Waals surface area contributed by atoms with Crippen molar-refractivity contribution in [2.45, 2.75) is 19.4 Å². The summed E-state index contributed by atoms with van der Waals surface area (Å²) in [6, 6.07) is 0. The highest BCUT2D eigenvalue weighted by Crippen LogP contribution is 2.07. The Labute approximate surface area is 54.5 Å². The van der Waals surface area contributed by atoms with E-state index in [0.29, 0.717) is 6.61 Å². The molecule has 9 heavy (non-hydrogen) atoms. The van der Waals surface area contributed by atoms with Gasteiger partial charge in [0.1, 0.15) is 6.10 Å². The maximum absolute atomic E-state index is 6.98. The van der Waals surface area contributed by atoms with Crippen molar-refractivity contribution in [2.75, 3.05) is 13.2 Å². The summed E-state index contributed by atoms with van der Waals surface area (Å²) < 4.78 is 10.1. The van der Waals surface area contributed by atoms with Crippen molar-refractivity contribution in [2.24, 2.45) is 0 Å². The van der Waals surface area contributed by atoms with Crippen LogP contribution in [-0.2, 0) is 9.47 Å². The molecule has 0 radical (unpaired) electrons. The first-order valence-electron chi connectivity index (χ1n) is 3.08. The van der Waals surface area contributed by atoms with Crippen LogP contribution in [0.2, 0.25) is 0 Å². The van der Waals surface area contributed by atoms with Crippen LogP contribution in [0.3, 0.4) is 0 Å². The molecule has 1 atom stereocenters. The summed E-state index contributed by atoms with van der Waals surface area (Å²) in [5.74, 6) is 0.283. The zero-order chi connectivity index (χ0) is 6.69. The van der Waals surface area contributed by atoms with Crippen molar-refractivity contribution < 1.29 is 9.47 Å². The Morgan fingerprint density at radius 2 is 2.56 bits per heavy atom. The maximum atomic E-state index is 6.98. The standard InChI is InChI=1S/C6H11NO2/c1-5(7)9-6-2-3-8-4-6/h6-7H,2-4H2,1H3/t6-/m1/s1. The monoisotopic (exact) mass is 129 g/mol. The SMILES string of the molecule is CC(=N)O[C@@H]1CCOC1. The molecule has 0 amide bonds. The molecule has 0 aromatic heterocycles. The molecule has 0 aromatic carbocycles. The van der Waals surface area contributed by atoms with Gasteiger partial charge in [0.2, 0.25) is 0 Å². The highest BCUT2D eigenvalue weighted by atomic mass is 16.5. The molecule has 0 aliphatic carbocycles. The van der Waals surface area contributed by atoms with Gasteiger partial charge in [-0.15, -0.1) is 0 Å². The molecule has 1 aliphatic heterocycles. The van der Waals surface area contributed by atoms with E-state index < -0.39 is 0 Å². The molecule has 1 saturated heterocycles. The molecule has 0 bridgehead atoms. The van der Waals surface area contributed by atoms with Crippen molar-refractivity contribution in [3.05, 3.63) is 0 Å². The van der Waals surface area contributed by atoms with Crippen molar-refractivity contribution in [3.8, 4) is 0 Å². The van der Waals surface area contributed by atoms with Crippen LogP contribution in [0.1, 0.15) is 13.3 Å². The van der Waals surface area contributed by atoms with Crippen molar-refractivity contribution in [3.63, 3.8) is 0 Å². The Kier molecular flexibility index (Phi) is 2.05. The maximum Gasteiger partial charge on any atom is 0.177 e. The molecule has 0 spiro atoms. The number of ether oxygens (including phenoxy) is 2. The summed E-state index contributed by atoms with van der Waals surface area (Å²) in [6.07, 6.45) is 1.07.